The first kappa shape index (κ1) is 12.0. The molecule has 3 nitrogen and oxygen atoms in total. The highest BCUT2D eigenvalue weighted by atomic mass is 15.2. The van der Waals surface area contributed by atoms with Gasteiger partial charge < -0.3 is 5.32 Å². The van der Waals surface area contributed by atoms with E-state index < -0.39 is 0 Å². The van der Waals surface area contributed by atoms with E-state index in [4.69, 9.17) is 0 Å². The molecular weight excluding hydrogens is 186 g/mol. The Bertz CT molecular complexity index is 321. The fourth-order valence-corrected chi connectivity index (χ4v) is 1.51. The first-order chi connectivity index (χ1) is 7.13. The average Bonchev–Trinajstić information content (AvgIpc) is 2.58. The van der Waals surface area contributed by atoms with E-state index in [1.165, 1.54) is 11.1 Å². The molecule has 0 fully saturated rings. The second-order valence-corrected chi connectivity index (χ2v) is 4.12. The maximum Gasteiger partial charge on any atom is 0.0540 e. The minimum Gasteiger partial charge on any atom is -0.307 e. The first-order valence-electron chi connectivity index (χ1n) is 5.50. The first-order valence-corrected chi connectivity index (χ1v) is 5.50. The number of nitrogens with one attached hydrogen (secondary N) is 1. The molecule has 0 spiro atoms. The van der Waals surface area contributed by atoms with Crippen LogP contribution in [0.1, 0.15) is 38.8 Å². The van der Waals surface area contributed by atoms with Crippen LogP contribution in [-0.4, -0.2) is 16.3 Å². The molecule has 15 heavy (non-hydrogen) atoms. The Labute approximate surface area is 92.2 Å². The van der Waals surface area contributed by atoms with Crippen molar-refractivity contribution < 1.29 is 0 Å². The Morgan fingerprint density at radius 3 is 2.80 bits per heavy atom. The molecule has 0 aliphatic rings. The zero-order chi connectivity index (χ0) is 11.3. The van der Waals surface area contributed by atoms with Crippen molar-refractivity contribution in [1.82, 2.24) is 15.1 Å². The smallest absolute Gasteiger partial charge is 0.0540 e. The minimum absolute atomic E-state index is 0.295. The molecule has 0 saturated heterocycles. The van der Waals surface area contributed by atoms with E-state index in [-0.39, 0.29) is 0 Å². The van der Waals surface area contributed by atoms with Crippen molar-refractivity contribution in [2.45, 2.75) is 33.2 Å². The van der Waals surface area contributed by atoms with E-state index in [2.05, 4.69) is 43.5 Å². The van der Waals surface area contributed by atoms with Gasteiger partial charge in [0.2, 0.25) is 0 Å². The zero-order valence-corrected chi connectivity index (χ0v) is 10.1. The molecule has 1 unspecified atom stereocenters. The standard InChI is InChI=1S/C12H21N3/c1-5-6-13-12(7-10(2)3)11-8-14-15(4)9-11/h7-9,12-13H,5-6H2,1-4H3. The molecule has 1 N–H and O–H groups in total. The summed E-state index contributed by atoms with van der Waals surface area (Å²) in [6.07, 6.45) is 7.37. The maximum absolute atomic E-state index is 4.20. The van der Waals surface area contributed by atoms with Gasteiger partial charge in [0.1, 0.15) is 0 Å². The lowest BCUT2D eigenvalue weighted by Crippen LogP contribution is -2.20. The quantitative estimate of drug-likeness (QED) is 0.751. The minimum atomic E-state index is 0.295. The van der Waals surface area contributed by atoms with Crippen molar-refractivity contribution in [2.75, 3.05) is 6.54 Å². The summed E-state index contributed by atoms with van der Waals surface area (Å²) in [5, 5.41) is 7.70. The Morgan fingerprint density at radius 2 is 2.33 bits per heavy atom. The maximum atomic E-state index is 4.20. The second kappa shape index (κ2) is 5.71. The topological polar surface area (TPSA) is 29.9 Å². The molecule has 0 bridgehead atoms. The van der Waals surface area contributed by atoms with Gasteiger partial charge in [-0.2, -0.15) is 5.10 Å². The Kier molecular flexibility index (Phi) is 4.56. The third kappa shape index (κ3) is 3.88. The van der Waals surface area contributed by atoms with Gasteiger partial charge in [-0.05, 0) is 26.8 Å². The van der Waals surface area contributed by atoms with Crippen molar-refractivity contribution in [3.05, 3.63) is 29.6 Å². The lowest BCUT2D eigenvalue weighted by atomic mass is 10.1. The monoisotopic (exact) mass is 207 g/mol. The fraction of sp³-hybridized carbons (Fsp3) is 0.583. The number of hydrogen-bond donors (Lipinski definition) is 1. The van der Waals surface area contributed by atoms with Crippen LogP contribution in [0.5, 0.6) is 0 Å². The molecule has 1 aromatic heterocycles. The number of nitrogens with zero attached hydrogens (tertiary/aromatic N) is 2. The molecule has 1 aromatic rings. The number of aromatic nitrogens is 2. The molecule has 3 heteroatoms. The summed E-state index contributed by atoms with van der Waals surface area (Å²) in [5.74, 6) is 0. The van der Waals surface area contributed by atoms with Crippen LogP contribution in [0.4, 0.5) is 0 Å². The third-order valence-corrected chi connectivity index (χ3v) is 2.20. The van der Waals surface area contributed by atoms with Crippen LogP contribution in [0.3, 0.4) is 0 Å². The number of aryl methyl sites for hydroxylation is 1. The van der Waals surface area contributed by atoms with E-state index in [1.807, 2.05) is 17.9 Å². The summed E-state index contributed by atoms with van der Waals surface area (Å²) in [5.41, 5.74) is 2.56. The van der Waals surface area contributed by atoms with Gasteiger partial charge in [-0.1, -0.05) is 18.6 Å². The van der Waals surface area contributed by atoms with Gasteiger partial charge in [0.05, 0.1) is 12.2 Å². The SMILES string of the molecule is CCCNC(C=C(C)C)c1cnn(C)c1. The van der Waals surface area contributed by atoms with Crippen LogP contribution in [0, 0.1) is 0 Å². The predicted molar refractivity (Wildman–Crippen MR) is 63.7 cm³/mol. The highest BCUT2D eigenvalue weighted by Gasteiger charge is 2.08. The molecule has 1 atom stereocenters. The van der Waals surface area contributed by atoms with Crippen molar-refractivity contribution >= 4 is 0 Å². The van der Waals surface area contributed by atoms with Gasteiger partial charge in [-0.15, -0.1) is 0 Å². The van der Waals surface area contributed by atoms with Gasteiger partial charge in [-0.25, -0.2) is 0 Å². The zero-order valence-electron chi connectivity index (χ0n) is 10.1. The van der Waals surface area contributed by atoms with Crippen LogP contribution in [0.25, 0.3) is 0 Å². The molecule has 0 radical (unpaired) electrons. The van der Waals surface area contributed by atoms with Crippen LogP contribution < -0.4 is 5.32 Å². The Morgan fingerprint density at radius 1 is 1.60 bits per heavy atom. The van der Waals surface area contributed by atoms with Gasteiger partial charge in [-0.3, -0.25) is 4.68 Å². The predicted octanol–water partition coefficient (Wildman–Crippen LogP) is 2.43. The summed E-state index contributed by atoms with van der Waals surface area (Å²) < 4.78 is 1.84. The third-order valence-electron chi connectivity index (χ3n) is 2.20. The van der Waals surface area contributed by atoms with E-state index >= 15 is 0 Å². The molecule has 84 valence electrons. The van der Waals surface area contributed by atoms with Gasteiger partial charge in [0.25, 0.3) is 0 Å². The fourth-order valence-electron chi connectivity index (χ4n) is 1.51. The summed E-state index contributed by atoms with van der Waals surface area (Å²) >= 11 is 0. The number of allylic oxidation sites excluding steroid dienone is 1. The molecule has 1 heterocycles. The van der Waals surface area contributed by atoms with E-state index in [9.17, 15) is 0 Å². The van der Waals surface area contributed by atoms with Crippen molar-refractivity contribution in [3.8, 4) is 0 Å². The van der Waals surface area contributed by atoms with Crippen molar-refractivity contribution in [2.24, 2.45) is 7.05 Å². The average molecular weight is 207 g/mol. The molecule has 0 aliphatic carbocycles. The molecular formula is C12H21N3. The lowest BCUT2D eigenvalue weighted by molar-refractivity contribution is 0.609. The van der Waals surface area contributed by atoms with E-state index in [0.717, 1.165) is 13.0 Å². The number of rotatable bonds is 5. The van der Waals surface area contributed by atoms with Crippen molar-refractivity contribution in [3.63, 3.8) is 0 Å². The van der Waals surface area contributed by atoms with Crippen LogP contribution in [0.15, 0.2) is 24.0 Å². The molecule has 0 aromatic carbocycles. The highest BCUT2D eigenvalue weighted by Crippen LogP contribution is 2.15. The van der Waals surface area contributed by atoms with Gasteiger partial charge >= 0.3 is 0 Å². The lowest BCUT2D eigenvalue weighted by Gasteiger charge is -2.13. The summed E-state index contributed by atoms with van der Waals surface area (Å²) in [6.45, 7) is 7.45. The van der Waals surface area contributed by atoms with Gasteiger partial charge in [0, 0.05) is 18.8 Å². The second-order valence-electron chi connectivity index (χ2n) is 4.12. The largest absolute Gasteiger partial charge is 0.307 e. The van der Waals surface area contributed by atoms with E-state index in [1.54, 1.807) is 0 Å². The molecule has 1 rings (SSSR count). The summed E-state index contributed by atoms with van der Waals surface area (Å²) in [4.78, 5) is 0. The highest BCUT2D eigenvalue weighted by molar-refractivity contribution is 5.18. The van der Waals surface area contributed by atoms with Crippen molar-refractivity contribution in [1.29, 1.82) is 0 Å². The van der Waals surface area contributed by atoms with Crippen LogP contribution in [-0.2, 0) is 7.05 Å². The summed E-state index contributed by atoms with van der Waals surface area (Å²) in [7, 11) is 1.95. The molecule has 0 amide bonds. The summed E-state index contributed by atoms with van der Waals surface area (Å²) in [6, 6.07) is 0.295. The van der Waals surface area contributed by atoms with Crippen LogP contribution in [0.2, 0.25) is 0 Å². The number of hydrogen-bond acceptors (Lipinski definition) is 2. The Balaban J connectivity index is 2.76. The molecule has 0 saturated carbocycles. The normalized spacial score (nSPS) is 12.5. The van der Waals surface area contributed by atoms with Gasteiger partial charge in [0.15, 0.2) is 0 Å². The molecule has 0 aliphatic heterocycles. The Hall–Kier alpha value is -1.09. The van der Waals surface area contributed by atoms with E-state index in [0.29, 0.717) is 6.04 Å². The van der Waals surface area contributed by atoms with Crippen LogP contribution >= 0.6 is 0 Å².